The molecule has 2 nitrogen and oxygen atoms in total. The average molecular weight is 693 g/mol. The zero-order valence-electron chi connectivity index (χ0n) is 28.8. The Kier molecular flexibility index (Phi) is 6.76. The Bertz CT molecular complexity index is 3160. The Balaban J connectivity index is 1.15. The predicted octanol–water partition coefficient (Wildman–Crippen LogP) is 14.6. The maximum absolute atomic E-state index is 2.45. The predicted molar refractivity (Wildman–Crippen MR) is 229 cm³/mol. The van der Waals surface area contributed by atoms with E-state index in [9.17, 15) is 0 Å². The topological polar surface area (TPSA) is 8.17 Å². The molecule has 53 heavy (non-hydrogen) atoms. The summed E-state index contributed by atoms with van der Waals surface area (Å²) in [7, 11) is 0. The molecule has 11 aromatic rings. The molecule has 9 aromatic carbocycles. The molecule has 0 aliphatic carbocycles. The van der Waals surface area contributed by atoms with Gasteiger partial charge in [-0.2, -0.15) is 0 Å². The average Bonchev–Trinajstić information content (AvgIpc) is 3.77. The first-order valence-corrected chi connectivity index (χ1v) is 18.9. The normalized spacial score (nSPS) is 11.8. The number of hydrogen-bond donors (Lipinski definition) is 0. The first-order valence-electron chi connectivity index (χ1n) is 18.1. The van der Waals surface area contributed by atoms with Crippen LogP contribution in [0.4, 0.5) is 17.1 Å². The molecule has 0 unspecified atom stereocenters. The van der Waals surface area contributed by atoms with Crippen molar-refractivity contribution in [2.24, 2.45) is 0 Å². The third kappa shape index (κ3) is 4.71. The molecule has 11 rings (SSSR count). The molecule has 3 heteroatoms. The van der Waals surface area contributed by atoms with Gasteiger partial charge in [-0.3, -0.25) is 0 Å². The smallest absolute Gasteiger partial charge is 0.0728 e. The number of thiophene rings is 1. The van der Waals surface area contributed by atoms with Gasteiger partial charge in [-0.15, -0.1) is 11.3 Å². The summed E-state index contributed by atoms with van der Waals surface area (Å²) >= 11 is 1.90. The lowest BCUT2D eigenvalue weighted by atomic mass is 9.98. The number of hydrogen-bond acceptors (Lipinski definition) is 2. The second kappa shape index (κ2) is 11.9. The van der Waals surface area contributed by atoms with E-state index in [2.05, 4.69) is 204 Å². The summed E-state index contributed by atoms with van der Waals surface area (Å²) in [6.07, 6.45) is 0. The maximum Gasteiger partial charge on any atom is 0.0728 e. The minimum Gasteiger partial charge on any atom is -0.309 e. The molecule has 0 aliphatic rings. The van der Waals surface area contributed by atoms with Gasteiger partial charge >= 0.3 is 0 Å². The van der Waals surface area contributed by atoms with Crippen LogP contribution in [0.3, 0.4) is 0 Å². The van der Waals surface area contributed by atoms with Gasteiger partial charge in [0.15, 0.2) is 0 Å². The number of aromatic nitrogens is 1. The zero-order valence-corrected chi connectivity index (χ0v) is 29.6. The Morgan fingerprint density at radius 3 is 1.87 bits per heavy atom. The quantitative estimate of drug-likeness (QED) is 0.163. The van der Waals surface area contributed by atoms with E-state index < -0.39 is 0 Å². The lowest BCUT2D eigenvalue weighted by Crippen LogP contribution is -2.10. The lowest BCUT2D eigenvalue weighted by molar-refractivity contribution is 1.19. The van der Waals surface area contributed by atoms with Crippen molar-refractivity contribution in [3.05, 3.63) is 194 Å². The van der Waals surface area contributed by atoms with Gasteiger partial charge in [-0.25, -0.2) is 0 Å². The fraction of sp³-hybridized carbons (Fsp3) is 0. The molecule has 0 saturated heterocycles. The second-order valence-corrected chi connectivity index (χ2v) is 14.7. The molecule has 0 saturated carbocycles. The summed E-state index contributed by atoms with van der Waals surface area (Å²) in [5, 5.41) is 10.1. The molecular weight excluding hydrogens is 661 g/mol. The van der Waals surface area contributed by atoms with Crippen molar-refractivity contribution in [2.75, 3.05) is 4.90 Å². The molecule has 2 aromatic heterocycles. The van der Waals surface area contributed by atoms with Gasteiger partial charge in [0.1, 0.15) is 0 Å². The minimum absolute atomic E-state index is 1.12. The molecule has 0 N–H and O–H groups in total. The Morgan fingerprint density at radius 2 is 1.02 bits per heavy atom. The summed E-state index contributed by atoms with van der Waals surface area (Å²) in [6, 6.07) is 70.8. The van der Waals surface area contributed by atoms with Crippen molar-refractivity contribution in [1.82, 2.24) is 4.57 Å². The van der Waals surface area contributed by atoms with Crippen LogP contribution >= 0.6 is 11.3 Å². The highest BCUT2D eigenvalue weighted by Gasteiger charge is 2.23. The van der Waals surface area contributed by atoms with E-state index in [1.807, 2.05) is 11.3 Å². The van der Waals surface area contributed by atoms with Crippen molar-refractivity contribution < 1.29 is 0 Å². The summed E-state index contributed by atoms with van der Waals surface area (Å²) in [4.78, 5) is 2.45. The van der Waals surface area contributed by atoms with Crippen molar-refractivity contribution in [1.29, 1.82) is 0 Å². The third-order valence-corrected chi connectivity index (χ3v) is 12.0. The summed E-state index contributed by atoms with van der Waals surface area (Å²) in [5.41, 5.74) is 9.54. The zero-order chi connectivity index (χ0) is 34.9. The van der Waals surface area contributed by atoms with E-state index in [0.717, 1.165) is 11.4 Å². The van der Waals surface area contributed by atoms with Crippen LogP contribution in [0.15, 0.2) is 194 Å². The van der Waals surface area contributed by atoms with Crippen LogP contribution in [0.25, 0.3) is 80.3 Å². The van der Waals surface area contributed by atoms with Crippen molar-refractivity contribution in [3.63, 3.8) is 0 Å². The SMILES string of the molecule is c1ccc(-n2c3ccccc3c3sc4c(N(c5ccc(-c6cccc7ccccc67)cc5)c5ccc6c(ccc7ccccc76)c5)cccc4c32)cc1. The Labute approximate surface area is 311 Å². The van der Waals surface area contributed by atoms with Gasteiger partial charge in [0, 0.05) is 27.8 Å². The molecular formula is C50H32N2S. The van der Waals surface area contributed by atoms with Crippen LogP contribution in [0, 0.1) is 0 Å². The molecule has 0 fully saturated rings. The van der Waals surface area contributed by atoms with Crippen molar-refractivity contribution in [2.45, 2.75) is 0 Å². The standard InChI is InChI=1S/C50H32N2S/c1-2-15-37(16-3-1)52-46-22-9-8-19-44(46)50-48(52)45-21-11-23-47(49(45)53-50)51(39-30-31-43-36(32-39)25-24-34-13-5-7-18-41(34)43)38-28-26-35(27-29-38)42-20-10-14-33-12-4-6-17-40(33)42/h1-32H. The Morgan fingerprint density at radius 1 is 0.396 bits per heavy atom. The van der Waals surface area contributed by atoms with Crippen LogP contribution in [0.5, 0.6) is 0 Å². The monoisotopic (exact) mass is 692 g/mol. The molecule has 0 bridgehead atoms. The van der Waals surface area contributed by atoms with E-state index in [-0.39, 0.29) is 0 Å². The number of benzene rings is 9. The van der Waals surface area contributed by atoms with Gasteiger partial charge in [0.2, 0.25) is 0 Å². The van der Waals surface area contributed by atoms with Crippen LogP contribution < -0.4 is 4.90 Å². The molecule has 0 atom stereocenters. The first kappa shape index (κ1) is 30.0. The molecule has 248 valence electrons. The van der Waals surface area contributed by atoms with E-state index in [0.29, 0.717) is 0 Å². The summed E-state index contributed by atoms with van der Waals surface area (Å²) in [5.74, 6) is 0. The maximum atomic E-state index is 2.45. The summed E-state index contributed by atoms with van der Waals surface area (Å²) in [6.45, 7) is 0. The van der Waals surface area contributed by atoms with Crippen LogP contribution in [-0.4, -0.2) is 4.57 Å². The first-order chi connectivity index (χ1) is 26.3. The molecule has 0 spiro atoms. The lowest BCUT2D eigenvalue weighted by Gasteiger charge is -2.27. The highest BCUT2D eigenvalue weighted by Crippen LogP contribution is 2.49. The third-order valence-electron chi connectivity index (χ3n) is 10.7. The minimum atomic E-state index is 1.12. The van der Waals surface area contributed by atoms with E-state index in [4.69, 9.17) is 0 Å². The molecule has 2 heterocycles. The number of rotatable bonds is 5. The van der Waals surface area contributed by atoms with Crippen LogP contribution in [0.2, 0.25) is 0 Å². The number of para-hydroxylation sites is 2. The second-order valence-electron chi connectivity index (χ2n) is 13.7. The summed E-state index contributed by atoms with van der Waals surface area (Å²) < 4.78 is 5.02. The highest BCUT2D eigenvalue weighted by atomic mass is 32.1. The fourth-order valence-corrected chi connectivity index (χ4v) is 9.66. The number of nitrogens with zero attached hydrogens (tertiary/aromatic N) is 2. The van der Waals surface area contributed by atoms with Crippen molar-refractivity contribution in [3.8, 4) is 16.8 Å². The van der Waals surface area contributed by atoms with Crippen LogP contribution in [0.1, 0.15) is 0 Å². The van der Waals surface area contributed by atoms with Gasteiger partial charge in [-0.1, -0.05) is 146 Å². The molecule has 0 amide bonds. The van der Waals surface area contributed by atoms with Gasteiger partial charge in [0.05, 0.1) is 26.1 Å². The van der Waals surface area contributed by atoms with Gasteiger partial charge < -0.3 is 9.47 Å². The largest absolute Gasteiger partial charge is 0.309 e. The molecule has 0 radical (unpaired) electrons. The van der Waals surface area contributed by atoms with Crippen LogP contribution in [-0.2, 0) is 0 Å². The van der Waals surface area contributed by atoms with E-state index in [1.165, 1.54) is 86.0 Å². The van der Waals surface area contributed by atoms with Crippen molar-refractivity contribution >= 4 is 91.9 Å². The van der Waals surface area contributed by atoms with E-state index >= 15 is 0 Å². The number of fused-ring (bicyclic) bond motifs is 9. The molecule has 0 aliphatic heterocycles. The fourth-order valence-electron chi connectivity index (χ4n) is 8.33. The van der Waals surface area contributed by atoms with Gasteiger partial charge in [-0.05, 0) is 92.0 Å². The Hall–Kier alpha value is -6.68. The number of anilines is 3. The van der Waals surface area contributed by atoms with E-state index in [1.54, 1.807) is 0 Å². The highest BCUT2D eigenvalue weighted by molar-refractivity contribution is 7.27. The van der Waals surface area contributed by atoms with Gasteiger partial charge in [0.25, 0.3) is 0 Å².